The van der Waals surface area contributed by atoms with Crippen molar-refractivity contribution in [3.63, 3.8) is 0 Å². The highest BCUT2D eigenvalue weighted by atomic mass is 16.5. The van der Waals surface area contributed by atoms with Crippen molar-refractivity contribution >= 4 is 23.2 Å². The topological polar surface area (TPSA) is 162 Å². The average Bonchev–Trinajstić information content (AvgIpc) is 3.16. The molecule has 2 aliphatic heterocycles. The molecule has 5 rings (SSSR count). The molecule has 5 N–H and O–H groups in total. The third kappa shape index (κ3) is 3.85. The SMILES string of the molecule is CCC1C(N2CC(c3cnc(N)c(C(=N)N)n3)C2)=Nc2ccc(Oc3ncc(OC)cn3)cc21. The van der Waals surface area contributed by atoms with Crippen LogP contribution < -0.4 is 20.9 Å². The van der Waals surface area contributed by atoms with Gasteiger partial charge in [0.15, 0.2) is 11.6 Å². The summed E-state index contributed by atoms with van der Waals surface area (Å²) < 4.78 is 10.9. The molecule has 1 fully saturated rings. The number of aromatic nitrogens is 4. The molecule has 1 unspecified atom stereocenters. The molecule has 0 aliphatic carbocycles. The minimum atomic E-state index is -0.178. The van der Waals surface area contributed by atoms with Crippen LogP contribution in [-0.4, -0.2) is 56.7 Å². The molecule has 1 aromatic carbocycles. The number of ether oxygens (including phenoxy) is 2. The molecule has 174 valence electrons. The lowest BCUT2D eigenvalue weighted by atomic mass is 9.90. The number of likely N-dealkylation sites (tertiary alicyclic amines) is 1. The molecule has 1 saturated heterocycles. The molecule has 2 aliphatic rings. The Balaban J connectivity index is 1.29. The van der Waals surface area contributed by atoms with Crippen molar-refractivity contribution < 1.29 is 9.47 Å². The first-order valence-corrected chi connectivity index (χ1v) is 10.9. The fourth-order valence-corrected chi connectivity index (χ4v) is 4.24. The Labute approximate surface area is 196 Å². The van der Waals surface area contributed by atoms with E-state index in [1.165, 1.54) is 0 Å². The van der Waals surface area contributed by atoms with Crippen molar-refractivity contribution in [3.8, 4) is 17.5 Å². The molecule has 11 heteroatoms. The van der Waals surface area contributed by atoms with Crippen LogP contribution >= 0.6 is 0 Å². The number of rotatable bonds is 6. The second kappa shape index (κ2) is 8.58. The van der Waals surface area contributed by atoms with Crippen molar-refractivity contribution in [3.05, 3.63) is 53.7 Å². The fraction of sp³-hybridized carbons (Fsp3) is 0.304. The summed E-state index contributed by atoms with van der Waals surface area (Å²) >= 11 is 0. The highest BCUT2D eigenvalue weighted by Gasteiger charge is 2.38. The molecule has 34 heavy (non-hydrogen) atoms. The Hall–Kier alpha value is -4.28. The molecule has 0 bridgehead atoms. The van der Waals surface area contributed by atoms with Crippen molar-refractivity contribution in [2.75, 3.05) is 25.9 Å². The van der Waals surface area contributed by atoms with Crippen molar-refractivity contribution in [2.24, 2.45) is 10.7 Å². The molecule has 0 saturated carbocycles. The Morgan fingerprint density at radius 2 is 1.91 bits per heavy atom. The van der Waals surface area contributed by atoms with Gasteiger partial charge in [-0.3, -0.25) is 5.41 Å². The number of nitrogens with zero attached hydrogens (tertiary/aromatic N) is 6. The number of nitrogens with one attached hydrogen (secondary N) is 1. The molecule has 0 amide bonds. The number of aliphatic imine (C=N–C) groups is 1. The predicted molar refractivity (Wildman–Crippen MR) is 127 cm³/mol. The van der Waals surface area contributed by atoms with Crippen LogP contribution in [0.1, 0.15) is 42.1 Å². The molecule has 11 nitrogen and oxygen atoms in total. The summed E-state index contributed by atoms with van der Waals surface area (Å²) in [6.07, 6.45) is 5.70. The van der Waals surface area contributed by atoms with E-state index in [4.69, 9.17) is 31.3 Å². The zero-order valence-electron chi connectivity index (χ0n) is 18.9. The second-order valence-electron chi connectivity index (χ2n) is 8.20. The molecular weight excluding hydrogens is 434 g/mol. The third-order valence-electron chi connectivity index (χ3n) is 6.08. The number of hydrogen-bond donors (Lipinski definition) is 3. The van der Waals surface area contributed by atoms with Crippen LogP contribution in [-0.2, 0) is 0 Å². The van der Waals surface area contributed by atoms with Gasteiger partial charge in [-0.05, 0) is 30.2 Å². The van der Waals surface area contributed by atoms with Gasteiger partial charge in [-0.15, -0.1) is 0 Å². The Bertz CT molecular complexity index is 1270. The maximum absolute atomic E-state index is 7.64. The van der Waals surface area contributed by atoms with Crippen LogP contribution in [0.2, 0.25) is 0 Å². The number of nitrogens with two attached hydrogens (primary N) is 2. The van der Waals surface area contributed by atoms with Gasteiger partial charge in [-0.2, -0.15) is 9.97 Å². The smallest absolute Gasteiger partial charge is 0.322 e. The van der Waals surface area contributed by atoms with Gasteiger partial charge in [0.25, 0.3) is 0 Å². The highest BCUT2D eigenvalue weighted by molar-refractivity contribution is 5.98. The number of fused-ring (bicyclic) bond motifs is 1. The molecule has 3 aromatic rings. The predicted octanol–water partition coefficient (Wildman–Crippen LogP) is 2.57. The second-order valence-corrected chi connectivity index (χ2v) is 8.20. The molecule has 2 aromatic heterocycles. The van der Waals surface area contributed by atoms with Crippen LogP contribution in [0.5, 0.6) is 17.5 Å². The minimum absolute atomic E-state index is 0.168. The first kappa shape index (κ1) is 21.6. The lowest BCUT2D eigenvalue weighted by molar-refractivity contribution is 0.241. The van der Waals surface area contributed by atoms with Crippen molar-refractivity contribution in [1.29, 1.82) is 5.41 Å². The van der Waals surface area contributed by atoms with E-state index >= 15 is 0 Å². The van der Waals surface area contributed by atoms with E-state index in [1.54, 1.807) is 25.7 Å². The average molecular weight is 460 g/mol. The van der Waals surface area contributed by atoms with Gasteiger partial charge in [0.2, 0.25) is 0 Å². The first-order chi connectivity index (χ1) is 16.5. The van der Waals surface area contributed by atoms with Gasteiger partial charge in [-0.1, -0.05) is 6.92 Å². The van der Waals surface area contributed by atoms with E-state index in [-0.39, 0.29) is 35.2 Å². The van der Waals surface area contributed by atoms with Gasteiger partial charge in [0, 0.05) is 24.9 Å². The number of anilines is 1. The Kier molecular flexibility index (Phi) is 5.44. The lowest BCUT2D eigenvalue weighted by Crippen LogP contribution is -2.50. The zero-order valence-corrected chi connectivity index (χ0v) is 18.9. The molecule has 0 radical (unpaired) electrons. The standard InChI is InChI=1S/C23H25N9O2/c1-3-15-16-6-13(34-23-28-7-14(33-2)8-29-23)4-5-17(16)31-22(15)32-10-12(11-32)18-9-27-21(26)19(30-18)20(24)25/h4-9,12,15H,3,10-11H2,1-2H3,(H3,24,25)(H2,26,27). The number of methoxy groups -OCH3 is 1. The van der Waals surface area contributed by atoms with Gasteiger partial charge >= 0.3 is 6.01 Å². The third-order valence-corrected chi connectivity index (χ3v) is 6.08. The van der Waals surface area contributed by atoms with Crippen LogP contribution in [0.15, 0.2) is 41.8 Å². The van der Waals surface area contributed by atoms with E-state index < -0.39 is 0 Å². The van der Waals surface area contributed by atoms with Gasteiger partial charge in [-0.25, -0.2) is 15.0 Å². The largest absolute Gasteiger partial charge is 0.494 e. The number of hydrogen-bond acceptors (Lipinski definition) is 10. The van der Waals surface area contributed by atoms with E-state index in [9.17, 15) is 0 Å². The van der Waals surface area contributed by atoms with Gasteiger partial charge in [0.05, 0.1) is 37.1 Å². The lowest BCUT2D eigenvalue weighted by Gasteiger charge is -2.42. The van der Waals surface area contributed by atoms with Crippen LogP contribution in [0.25, 0.3) is 0 Å². The summed E-state index contributed by atoms with van der Waals surface area (Å²) in [5.74, 6) is 2.62. The van der Waals surface area contributed by atoms with Crippen molar-refractivity contribution in [1.82, 2.24) is 24.8 Å². The number of benzene rings is 1. The monoisotopic (exact) mass is 459 g/mol. The summed E-state index contributed by atoms with van der Waals surface area (Å²) in [6, 6.07) is 6.10. The number of nitrogen functional groups attached to an aromatic ring is 2. The van der Waals surface area contributed by atoms with Crippen LogP contribution in [0, 0.1) is 5.41 Å². The zero-order chi connectivity index (χ0) is 23.8. The normalized spacial score (nSPS) is 17.1. The maximum atomic E-state index is 7.64. The van der Waals surface area contributed by atoms with E-state index in [1.807, 2.05) is 18.2 Å². The van der Waals surface area contributed by atoms with Gasteiger partial charge in [0.1, 0.15) is 23.1 Å². The number of amidine groups is 2. The van der Waals surface area contributed by atoms with Crippen LogP contribution in [0.4, 0.5) is 11.5 Å². The molecule has 0 spiro atoms. The quantitative estimate of drug-likeness (QED) is 0.371. The summed E-state index contributed by atoms with van der Waals surface area (Å²) in [7, 11) is 1.56. The summed E-state index contributed by atoms with van der Waals surface area (Å²) in [5.41, 5.74) is 14.5. The van der Waals surface area contributed by atoms with Crippen molar-refractivity contribution in [2.45, 2.75) is 25.2 Å². The first-order valence-electron chi connectivity index (χ1n) is 10.9. The maximum Gasteiger partial charge on any atom is 0.322 e. The van der Waals surface area contributed by atoms with E-state index in [0.717, 1.165) is 42.3 Å². The van der Waals surface area contributed by atoms with Gasteiger partial charge < -0.3 is 25.8 Å². The molecular formula is C23H25N9O2. The Morgan fingerprint density at radius 1 is 1.15 bits per heavy atom. The molecule has 4 heterocycles. The minimum Gasteiger partial charge on any atom is -0.494 e. The summed E-state index contributed by atoms with van der Waals surface area (Å²) in [4.78, 5) is 24.1. The van der Waals surface area contributed by atoms with E-state index in [0.29, 0.717) is 11.5 Å². The summed E-state index contributed by atoms with van der Waals surface area (Å²) in [5, 5.41) is 7.64. The highest BCUT2D eigenvalue weighted by Crippen LogP contribution is 2.43. The Morgan fingerprint density at radius 3 is 2.59 bits per heavy atom. The summed E-state index contributed by atoms with van der Waals surface area (Å²) in [6.45, 7) is 3.68. The van der Waals surface area contributed by atoms with Crippen LogP contribution in [0.3, 0.4) is 0 Å². The van der Waals surface area contributed by atoms with E-state index in [2.05, 4.69) is 31.8 Å². The molecule has 1 atom stereocenters. The fourth-order valence-electron chi connectivity index (χ4n) is 4.24.